The van der Waals surface area contributed by atoms with E-state index in [1.807, 2.05) is 0 Å². The minimum atomic E-state index is -3.89. The van der Waals surface area contributed by atoms with E-state index in [1.165, 1.54) is 5.48 Å². The standard InChI is InChI=1S/C6H14NO5P/c8-6(7-9)4-2-1-3-5-13(10,11)12/h9H,1-5H2,(H,7,8)(H2,10,11,12). The summed E-state index contributed by atoms with van der Waals surface area (Å²) >= 11 is 0. The lowest BCUT2D eigenvalue weighted by Gasteiger charge is -2.02. The minimum absolute atomic E-state index is 0.145. The van der Waals surface area contributed by atoms with Crippen LogP contribution in [0.15, 0.2) is 0 Å². The number of unbranched alkanes of at least 4 members (excludes halogenated alkanes) is 2. The number of hydrogen-bond acceptors (Lipinski definition) is 3. The zero-order valence-corrected chi connectivity index (χ0v) is 8.04. The fourth-order valence-electron chi connectivity index (χ4n) is 0.836. The molecule has 0 bridgehead atoms. The van der Waals surface area contributed by atoms with Gasteiger partial charge in [-0.1, -0.05) is 6.42 Å². The van der Waals surface area contributed by atoms with Crippen molar-refractivity contribution in [1.29, 1.82) is 0 Å². The van der Waals surface area contributed by atoms with Gasteiger partial charge in [0.15, 0.2) is 0 Å². The molecule has 1 amide bonds. The molecule has 0 atom stereocenters. The van der Waals surface area contributed by atoms with Gasteiger partial charge in [0.1, 0.15) is 0 Å². The van der Waals surface area contributed by atoms with Gasteiger partial charge < -0.3 is 9.79 Å². The molecule has 0 aromatic rings. The normalized spacial score (nSPS) is 11.3. The number of rotatable bonds is 6. The minimum Gasteiger partial charge on any atom is -0.324 e. The second-order valence-electron chi connectivity index (χ2n) is 2.73. The van der Waals surface area contributed by atoms with Gasteiger partial charge in [-0.05, 0) is 12.8 Å². The second kappa shape index (κ2) is 6.10. The molecule has 13 heavy (non-hydrogen) atoms. The molecule has 0 fully saturated rings. The number of carbonyl (C=O) groups is 1. The molecule has 0 spiro atoms. The molecule has 0 aromatic carbocycles. The zero-order chi connectivity index (χ0) is 10.3. The fourth-order valence-corrected chi connectivity index (χ4v) is 1.47. The van der Waals surface area contributed by atoms with Crippen LogP contribution >= 0.6 is 7.60 Å². The molecule has 0 radical (unpaired) electrons. The number of carbonyl (C=O) groups excluding carboxylic acids is 1. The van der Waals surface area contributed by atoms with Gasteiger partial charge in [0.25, 0.3) is 0 Å². The monoisotopic (exact) mass is 211 g/mol. The third-order valence-corrected chi connectivity index (χ3v) is 2.38. The highest BCUT2D eigenvalue weighted by atomic mass is 31.2. The molecule has 0 aliphatic rings. The molecule has 0 saturated heterocycles. The van der Waals surface area contributed by atoms with Crippen LogP contribution in [0.1, 0.15) is 25.7 Å². The molecular weight excluding hydrogens is 197 g/mol. The van der Waals surface area contributed by atoms with E-state index in [-0.39, 0.29) is 12.6 Å². The molecule has 0 aliphatic carbocycles. The first-order chi connectivity index (χ1) is 5.95. The Bertz CT molecular complexity index is 201. The molecule has 0 saturated carbocycles. The van der Waals surface area contributed by atoms with Crippen molar-refractivity contribution in [3.63, 3.8) is 0 Å². The van der Waals surface area contributed by atoms with Gasteiger partial charge in [-0.25, -0.2) is 5.48 Å². The maximum absolute atomic E-state index is 10.5. The molecule has 6 nitrogen and oxygen atoms in total. The van der Waals surface area contributed by atoms with E-state index in [4.69, 9.17) is 15.0 Å². The Morgan fingerprint density at radius 3 is 2.31 bits per heavy atom. The molecule has 78 valence electrons. The van der Waals surface area contributed by atoms with E-state index in [1.54, 1.807) is 0 Å². The smallest absolute Gasteiger partial charge is 0.324 e. The van der Waals surface area contributed by atoms with E-state index < -0.39 is 13.5 Å². The van der Waals surface area contributed by atoms with Crippen LogP contribution in [-0.4, -0.2) is 27.1 Å². The van der Waals surface area contributed by atoms with Gasteiger partial charge in [0, 0.05) is 12.6 Å². The van der Waals surface area contributed by atoms with E-state index in [0.717, 1.165) is 0 Å². The van der Waals surface area contributed by atoms with Gasteiger partial charge in [-0.15, -0.1) is 0 Å². The first-order valence-corrected chi connectivity index (χ1v) is 5.73. The highest BCUT2D eigenvalue weighted by Crippen LogP contribution is 2.35. The maximum Gasteiger partial charge on any atom is 0.325 e. The Morgan fingerprint density at radius 2 is 1.85 bits per heavy atom. The van der Waals surface area contributed by atoms with E-state index in [9.17, 15) is 9.36 Å². The maximum atomic E-state index is 10.5. The van der Waals surface area contributed by atoms with Crippen molar-refractivity contribution in [3.8, 4) is 0 Å². The van der Waals surface area contributed by atoms with Gasteiger partial charge >= 0.3 is 7.60 Å². The highest BCUT2D eigenvalue weighted by Gasteiger charge is 2.11. The van der Waals surface area contributed by atoms with Crippen LogP contribution in [0.3, 0.4) is 0 Å². The number of hydroxylamine groups is 1. The largest absolute Gasteiger partial charge is 0.325 e. The van der Waals surface area contributed by atoms with Gasteiger partial charge in [0.2, 0.25) is 5.91 Å². The fraction of sp³-hybridized carbons (Fsp3) is 0.833. The van der Waals surface area contributed by atoms with Crippen molar-refractivity contribution in [3.05, 3.63) is 0 Å². The lowest BCUT2D eigenvalue weighted by Crippen LogP contribution is -2.17. The average Bonchev–Trinajstić information content (AvgIpc) is 2.01. The van der Waals surface area contributed by atoms with Crippen molar-refractivity contribution in [2.45, 2.75) is 25.7 Å². The summed E-state index contributed by atoms with van der Waals surface area (Å²) in [5.74, 6) is -0.476. The summed E-state index contributed by atoms with van der Waals surface area (Å²) < 4.78 is 10.4. The molecule has 0 unspecified atom stereocenters. The second-order valence-corrected chi connectivity index (χ2v) is 4.51. The molecule has 0 aromatic heterocycles. The first-order valence-electron chi connectivity index (χ1n) is 3.93. The lowest BCUT2D eigenvalue weighted by molar-refractivity contribution is -0.129. The molecule has 7 heteroatoms. The topological polar surface area (TPSA) is 107 Å². The predicted molar refractivity (Wildman–Crippen MR) is 45.3 cm³/mol. The van der Waals surface area contributed by atoms with Gasteiger partial charge in [-0.2, -0.15) is 0 Å². The third kappa shape index (κ3) is 9.49. The molecular formula is C6H14NO5P. The van der Waals surface area contributed by atoms with E-state index in [2.05, 4.69) is 0 Å². The van der Waals surface area contributed by atoms with E-state index >= 15 is 0 Å². The Morgan fingerprint density at radius 1 is 1.23 bits per heavy atom. The summed E-state index contributed by atoms with van der Waals surface area (Å²) in [4.78, 5) is 27.4. The summed E-state index contributed by atoms with van der Waals surface area (Å²) in [6.45, 7) is 0. The summed E-state index contributed by atoms with van der Waals surface area (Å²) in [7, 11) is -3.89. The third-order valence-electron chi connectivity index (χ3n) is 1.48. The first kappa shape index (κ1) is 12.6. The van der Waals surface area contributed by atoms with E-state index in [0.29, 0.717) is 19.3 Å². The summed E-state index contributed by atoms with van der Waals surface area (Å²) in [6.07, 6.45) is 1.51. The van der Waals surface area contributed by atoms with Crippen LogP contribution in [-0.2, 0) is 9.36 Å². The van der Waals surface area contributed by atoms with Crippen LogP contribution in [0.5, 0.6) is 0 Å². The van der Waals surface area contributed by atoms with Crippen molar-refractivity contribution in [1.82, 2.24) is 5.48 Å². The van der Waals surface area contributed by atoms with Gasteiger partial charge in [-0.3, -0.25) is 14.6 Å². The quantitative estimate of drug-likeness (QED) is 0.218. The molecule has 0 rings (SSSR count). The van der Waals surface area contributed by atoms with Crippen molar-refractivity contribution < 1.29 is 24.4 Å². The van der Waals surface area contributed by atoms with Crippen molar-refractivity contribution in [2.75, 3.05) is 6.16 Å². The van der Waals surface area contributed by atoms with Crippen LogP contribution in [0.25, 0.3) is 0 Å². The van der Waals surface area contributed by atoms with Crippen molar-refractivity contribution >= 4 is 13.5 Å². The van der Waals surface area contributed by atoms with Crippen LogP contribution in [0.4, 0.5) is 0 Å². The Kier molecular flexibility index (Phi) is 5.90. The highest BCUT2D eigenvalue weighted by molar-refractivity contribution is 7.51. The number of amides is 1. The summed E-state index contributed by atoms with van der Waals surface area (Å²) in [6, 6.07) is 0. The molecule has 0 heterocycles. The zero-order valence-electron chi connectivity index (χ0n) is 7.14. The SMILES string of the molecule is O=C(CCCCCP(=O)(O)O)NO. The average molecular weight is 211 g/mol. The Balaban J connectivity index is 3.27. The summed E-state index contributed by atoms with van der Waals surface area (Å²) in [5.41, 5.74) is 1.48. The van der Waals surface area contributed by atoms with Crippen LogP contribution < -0.4 is 5.48 Å². The lowest BCUT2D eigenvalue weighted by atomic mass is 10.2. The predicted octanol–water partition coefficient (Wildman–Crippen LogP) is 0.230. The molecule has 4 N–H and O–H groups in total. The van der Waals surface area contributed by atoms with Crippen LogP contribution in [0.2, 0.25) is 0 Å². The Labute approximate surface area is 76.1 Å². The van der Waals surface area contributed by atoms with Crippen LogP contribution in [0, 0.1) is 0 Å². The van der Waals surface area contributed by atoms with Crippen molar-refractivity contribution in [2.24, 2.45) is 0 Å². The number of hydrogen-bond donors (Lipinski definition) is 4. The Hall–Kier alpha value is -0.420. The molecule has 0 aliphatic heterocycles. The number of nitrogens with one attached hydrogen (secondary N) is 1. The summed E-state index contributed by atoms with van der Waals surface area (Å²) in [5, 5.41) is 8.10. The van der Waals surface area contributed by atoms with Gasteiger partial charge in [0.05, 0.1) is 0 Å².